The van der Waals surface area contributed by atoms with Gasteiger partial charge in [0.1, 0.15) is 5.76 Å². The molecule has 0 saturated heterocycles. The molecule has 0 atom stereocenters. The lowest BCUT2D eigenvalue weighted by atomic mass is 10.2. The monoisotopic (exact) mass is 354 g/mol. The van der Waals surface area contributed by atoms with Crippen LogP contribution in [0.4, 0.5) is 0 Å². The molecule has 2 heterocycles. The molecule has 1 aromatic heterocycles. The summed E-state index contributed by atoms with van der Waals surface area (Å²) in [6.07, 6.45) is 0.559. The molecule has 3 rings (SSSR count). The van der Waals surface area contributed by atoms with Gasteiger partial charge in [-0.25, -0.2) is 13.4 Å². The van der Waals surface area contributed by atoms with Crippen molar-refractivity contribution in [1.82, 2.24) is 9.29 Å². The zero-order valence-corrected chi connectivity index (χ0v) is 14.7. The summed E-state index contributed by atoms with van der Waals surface area (Å²) in [5.74, 6) is 1.61. The van der Waals surface area contributed by atoms with E-state index in [4.69, 9.17) is 16.0 Å². The first kappa shape index (κ1) is 16.5. The van der Waals surface area contributed by atoms with E-state index in [1.165, 1.54) is 4.31 Å². The molecule has 0 aliphatic carbocycles. The van der Waals surface area contributed by atoms with E-state index >= 15 is 0 Å². The molecule has 7 heteroatoms. The summed E-state index contributed by atoms with van der Waals surface area (Å²) in [7, 11) is -3.41. The van der Waals surface area contributed by atoms with Crippen LogP contribution in [0.15, 0.2) is 28.7 Å². The van der Waals surface area contributed by atoms with Crippen LogP contribution in [0.25, 0.3) is 0 Å². The van der Waals surface area contributed by atoms with Crippen LogP contribution in [0.2, 0.25) is 5.02 Å². The molecule has 0 radical (unpaired) electrons. The van der Waals surface area contributed by atoms with Crippen LogP contribution in [0.1, 0.15) is 42.7 Å². The van der Waals surface area contributed by atoms with Gasteiger partial charge in [0.05, 0.1) is 18.0 Å². The van der Waals surface area contributed by atoms with E-state index in [2.05, 4.69) is 4.98 Å². The van der Waals surface area contributed by atoms with Gasteiger partial charge in [0.2, 0.25) is 10.0 Å². The number of hydrogen-bond acceptors (Lipinski definition) is 4. The van der Waals surface area contributed by atoms with Crippen LogP contribution in [0, 0.1) is 0 Å². The van der Waals surface area contributed by atoms with Crippen LogP contribution in [-0.4, -0.2) is 24.3 Å². The van der Waals surface area contributed by atoms with Gasteiger partial charge in [0.15, 0.2) is 5.89 Å². The lowest BCUT2D eigenvalue weighted by Crippen LogP contribution is -2.36. The summed E-state index contributed by atoms with van der Waals surface area (Å²) in [5.41, 5.74) is 1.42. The quantitative estimate of drug-likeness (QED) is 0.844. The third-order valence-electron chi connectivity index (χ3n) is 3.83. The van der Waals surface area contributed by atoms with E-state index in [-0.39, 0.29) is 18.2 Å². The Hall–Kier alpha value is -1.37. The van der Waals surface area contributed by atoms with Gasteiger partial charge in [-0.2, -0.15) is 4.31 Å². The first-order chi connectivity index (χ1) is 10.8. The summed E-state index contributed by atoms with van der Waals surface area (Å²) < 4.78 is 32.5. The number of rotatable bonds is 4. The van der Waals surface area contributed by atoms with Gasteiger partial charge < -0.3 is 4.42 Å². The van der Waals surface area contributed by atoms with Gasteiger partial charge in [-0.1, -0.05) is 37.6 Å². The molecular weight excluding hydrogens is 336 g/mol. The average molecular weight is 355 g/mol. The van der Waals surface area contributed by atoms with Crippen molar-refractivity contribution in [3.8, 4) is 0 Å². The highest BCUT2D eigenvalue weighted by Gasteiger charge is 2.30. The van der Waals surface area contributed by atoms with E-state index < -0.39 is 10.0 Å². The Balaban J connectivity index is 1.79. The van der Waals surface area contributed by atoms with E-state index in [0.717, 1.165) is 11.5 Å². The van der Waals surface area contributed by atoms with E-state index in [1.54, 1.807) is 24.3 Å². The molecule has 2 aromatic rings. The predicted molar refractivity (Wildman–Crippen MR) is 88.8 cm³/mol. The number of halogens is 1. The maximum absolute atomic E-state index is 12.6. The zero-order valence-electron chi connectivity index (χ0n) is 13.1. The molecular formula is C16H19ClN2O3S. The summed E-state index contributed by atoms with van der Waals surface area (Å²) in [5, 5.41) is 0.539. The van der Waals surface area contributed by atoms with Crippen LogP contribution < -0.4 is 0 Å². The zero-order chi connectivity index (χ0) is 16.6. The third kappa shape index (κ3) is 3.59. The lowest BCUT2D eigenvalue weighted by Gasteiger charge is -2.24. The van der Waals surface area contributed by atoms with Gasteiger partial charge in [-0.15, -0.1) is 0 Å². The number of benzene rings is 1. The fourth-order valence-electron chi connectivity index (χ4n) is 2.61. The first-order valence-corrected chi connectivity index (χ1v) is 9.54. The first-order valence-electron chi connectivity index (χ1n) is 7.56. The molecule has 1 aliphatic heterocycles. The van der Waals surface area contributed by atoms with Crippen molar-refractivity contribution < 1.29 is 12.8 Å². The van der Waals surface area contributed by atoms with Gasteiger partial charge in [-0.3, -0.25) is 0 Å². The number of hydrogen-bond donors (Lipinski definition) is 0. The van der Waals surface area contributed by atoms with Crippen molar-refractivity contribution in [2.24, 2.45) is 0 Å². The number of fused-ring (bicyclic) bond motifs is 1. The highest BCUT2D eigenvalue weighted by molar-refractivity contribution is 7.88. The molecule has 1 aliphatic rings. The molecule has 0 saturated carbocycles. The van der Waals surface area contributed by atoms with Crippen LogP contribution in [0.3, 0.4) is 0 Å². The van der Waals surface area contributed by atoms with Crippen molar-refractivity contribution in [2.75, 3.05) is 6.54 Å². The summed E-state index contributed by atoms with van der Waals surface area (Å²) in [6, 6.07) is 6.94. The van der Waals surface area contributed by atoms with Crippen LogP contribution >= 0.6 is 11.6 Å². The Morgan fingerprint density at radius 2 is 2.17 bits per heavy atom. The van der Waals surface area contributed by atoms with Gasteiger partial charge >= 0.3 is 0 Å². The summed E-state index contributed by atoms with van der Waals surface area (Å²) in [4.78, 5) is 4.44. The van der Waals surface area contributed by atoms with Crippen molar-refractivity contribution in [2.45, 2.75) is 38.5 Å². The Labute approximate surface area is 141 Å². The van der Waals surface area contributed by atoms with Crippen molar-refractivity contribution in [3.63, 3.8) is 0 Å². The SMILES string of the molecule is CC(C)c1nc2c(o1)CCN(S(=O)(=O)Cc1cccc(Cl)c1)C2. The standard InChI is InChI=1S/C16H19ClN2O3S/c1-11(2)16-18-14-9-19(7-6-15(14)22-16)23(20,21)10-12-4-3-5-13(17)8-12/h3-5,8,11H,6-7,9-10H2,1-2H3. The lowest BCUT2D eigenvalue weighted by molar-refractivity contribution is 0.353. The van der Waals surface area contributed by atoms with Gasteiger partial charge in [0, 0.05) is 23.9 Å². The molecule has 0 fully saturated rings. The Morgan fingerprint density at radius 3 is 2.87 bits per heavy atom. The van der Waals surface area contributed by atoms with E-state index in [1.807, 2.05) is 13.8 Å². The molecule has 0 unspecified atom stereocenters. The number of nitrogens with zero attached hydrogens (tertiary/aromatic N) is 2. The van der Waals surface area contributed by atoms with Gasteiger partial charge in [-0.05, 0) is 17.7 Å². The molecule has 23 heavy (non-hydrogen) atoms. The highest BCUT2D eigenvalue weighted by Crippen LogP contribution is 2.26. The normalized spacial score (nSPS) is 15.8. The second-order valence-electron chi connectivity index (χ2n) is 6.05. The molecule has 124 valence electrons. The Bertz CT molecular complexity index is 814. The smallest absolute Gasteiger partial charge is 0.218 e. The summed E-state index contributed by atoms with van der Waals surface area (Å²) >= 11 is 5.93. The minimum Gasteiger partial charge on any atom is -0.445 e. The fraction of sp³-hybridized carbons (Fsp3) is 0.438. The molecule has 0 bridgehead atoms. The van der Waals surface area contributed by atoms with Crippen molar-refractivity contribution in [3.05, 3.63) is 52.2 Å². The van der Waals surface area contributed by atoms with Crippen molar-refractivity contribution in [1.29, 1.82) is 0 Å². The maximum atomic E-state index is 12.6. The number of aromatic nitrogens is 1. The molecule has 0 spiro atoms. The Kier molecular flexibility index (Phi) is 4.49. The summed E-state index contributed by atoms with van der Waals surface area (Å²) in [6.45, 7) is 4.70. The van der Waals surface area contributed by atoms with Crippen LogP contribution in [-0.2, 0) is 28.7 Å². The fourth-order valence-corrected chi connectivity index (χ4v) is 4.29. The van der Waals surface area contributed by atoms with Crippen LogP contribution in [0.5, 0.6) is 0 Å². The number of sulfonamides is 1. The molecule has 5 nitrogen and oxygen atoms in total. The van der Waals surface area contributed by atoms with Crippen molar-refractivity contribution >= 4 is 21.6 Å². The largest absolute Gasteiger partial charge is 0.445 e. The minimum absolute atomic E-state index is 0.0578. The third-order valence-corrected chi connectivity index (χ3v) is 5.87. The maximum Gasteiger partial charge on any atom is 0.218 e. The molecule has 0 N–H and O–H groups in total. The predicted octanol–water partition coefficient (Wildman–Crippen LogP) is 3.34. The number of oxazole rings is 1. The molecule has 0 amide bonds. The minimum atomic E-state index is -3.41. The Morgan fingerprint density at radius 1 is 1.39 bits per heavy atom. The second-order valence-corrected chi connectivity index (χ2v) is 8.45. The van der Waals surface area contributed by atoms with E-state index in [9.17, 15) is 8.42 Å². The van der Waals surface area contributed by atoms with Gasteiger partial charge in [0.25, 0.3) is 0 Å². The molecule has 1 aromatic carbocycles. The topological polar surface area (TPSA) is 63.4 Å². The second kappa shape index (κ2) is 6.26. The highest BCUT2D eigenvalue weighted by atomic mass is 35.5. The average Bonchev–Trinajstić information content (AvgIpc) is 2.90. The van der Waals surface area contributed by atoms with E-state index in [0.29, 0.717) is 29.4 Å².